The SMILES string of the molecule is CCOC(=O)C(S)CS. The summed E-state index contributed by atoms with van der Waals surface area (Å²) in [4.78, 5) is 10.6. The van der Waals surface area contributed by atoms with Crippen LogP contribution < -0.4 is 0 Å². The molecule has 0 aliphatic rings. The normalized spacial score (nSPS) is 12.8. The Morgan fingerprint density at radius 3 is 2.67 bits per heavy atom. The van der Waals surface area contributed by atoms with Gasteiger partial charge in [0.2, 0.25) is 0 Å². The fourth-order valence-electron chi connectivity index (χ4n) is 0.313. The molecular formula is C5H10O2S2. The molecular weight excluding hydrogens is 156 g/mol. The number of hydrogen-bond donors (Lipinski definition) is 2. The highest BCUT2D eigenvalue weighted by Gasteiger charge is 2.11. The third-order valence-electron chi connectivity index (χ3n) is 0.732. The summed E-state index contributed by atoms with van der Waals surface area (Å²) in [7, 11) is 0. The van der Waals surface area contributed by atoms with Gasteiger partial charge in [0.1, 0.15) is 5.25 Å². The molecule has 0 heterocycles. The number of carbonyl (C=O) groups excluding carboxylic acids is 1. The first-order chi connectivity index (χ1) is 4.22. The summed E-state index contributed by atoms with van der Waals surface area (Å²) < 4.78 is 4.63. The van der Waals surface area contributed by atoms with Crippen LogP contribution in [0.4, 0.5) is 0 Å². The largest absolute Gasteiger partial charge is 0.465 e. The van der Waals surface area contributed by atoms with Gasteiger partial charge in [0.25, 0.3) is 0 Å². The lowest BCUT2D eigenvalue weighted by molar-refractivity contribution is -0.141. The van der Waals surface area contributed by atoms with Crippen molar-refractivity contribution in [1.29, 1.82) is 0 Å². The van der Waals surface area contributed by atoms with Gasteiger partial charge in [0, 0.05) is 5.75 Å². The average Bonchev–Trinajstić information content (AvgIpc) is 1.87. The van der Waals surface area contributed by atoms with E-state index in [9.17, 15) is 4.79 Å². The van der Waals surface area contributed by atoms with E-state index in [1.807, 2.05) is 0 Å². The van der Waals surface area contributed by atoms with Crippen molar-refractivity contribution in [2.24, 2.45) is 0 Å². The van der Waals surface area contributed by atoms with Crippen molar-refractivity contribution < 1.29 is 9.53 Å². The third-order valence-corrected chi connectivity index (χ3v) is 1.78. The standard InChI is InChI=1S/C5H10O2S2/c1-2-7-5(6)4(9)3-8/h4,8-9H,2-3H2,1H3. The summed E-state index contributed by atoms with van der Waals surface area (Å²) in [5.74, 6) is 0.123. The van der Waals surface area contributed by atoms with Crippen LogP contribution >= 0.6 is 25.3 Å². The van der Waals surface area contributed by atoms with Gasteiger partial charge >= 0.3 is 5.97 Å². The maximum atomic E-state index is 10.6. The minimum absolute atomic E-state index is 0.296. The number of thiol groups is 2. The van der Waals surface area contributed by atoms with Gasteiger partial charge < -0.3 is 4.74 Å². The molecule has 0 aliphatic carbocycles. The average molecular weight is 166 g/mol. The van der Waals surface area contributed by atoms with E-state index >= 15 is 0 Å². The van der Waals surface area contributed by atoms with E-state index in [-0.39, 0.29) is 11.2 Å². The van der Waals surface area contributed by atoms with Gasteiger partial charge in [-0.3, -0.25) is 4.79 Å². The van der Waals surface area contributed by atoms with Crippen LogP contribution in [0.3, 0.4) is 0 Å². The molecule has 0 saturated heterocycles. The number of esters is 1. The van der Waals surface area contributed by atoms with Gasteiger partial charge in [-0.1, -0.05) is 0 Å². The Morgan fingerprint density at radius 1 is 1.78 bits per heavy atom. The molecule has 0 rings (SSSR count). The fraction of sp³-hybridized carbons (Fsp3) is 0.800. The minimum Gasteiger partial charge on any atom is -0.465 e. The first-order valence-electron chi connectivity index (χ1n) is 2.68. The first kappa shape index (κ1) is 9.17. The Bertz CT molecular complexity index is 95.0. The molecule has 0 radical (unpaired) electrons. The second-order valence-electron chi connectivity index (χ2n) is 1.45. The van der Waals surface area contributed by atoms with Gasteiger partial charge in [0.05, 0.1) is 6.61 Å². The monoisotopic (exact) mass is 166 g/mol. The molecule has 2 nitrogen and oxygen atoms in total. The number of hydrogen-bond acceptors (Lipinski definition) is 4. The quantitative estimate of drug-likeness (QED) is 0.478. The Labute approximate surface area is 65.8 Å². The highest BCUT2D eigenvalue weighted by atomic mass is 32.1. The maximum absolute atomic E-state index is 10.6. The molecule has 0 aromatic rings. The van der Waals surface area contributed by atoms with E-state index in [0.29, 0.717) is 12.4 Å². The molecule has 0 saturated carbocycles. The van der Waals surface area contributed by atoms with Crippen LogP contribution in [-0.4, -0.2) is 23.6 Å². The second-order valence-corrected chi connectivity index (χ2v) is 2.44. The molecule has 1 atom stereocenters. The highest BCUT2D eigenvalue weighted by molar-refractivity contribution is 7.85. The van der Waals surface area contributed by atoms with Crippen molar-refractivity contribution in [3.05, 3.63) is 0 Å². The maximum Gasteiger partial charge on any atom is 0.319 e. The van der Waals surface area contributed by atoms with E-state index in [4.69, 9.17) is 0 Å². The van der Waals surface area contributed by atoms with Gasteiger partial charge in [-0.15, -0.1) is 0 Å². The molecule has 9 heavy (non-hydrogen) atoms. The second kappa shape index (κ2) is 4.99. The molecule has 0 aliphatic heterocycles. The summed E-state index contributed by atoms with van der Waals surface area (Å²) in [5, 5.41) is -0.381. The van der Waals surface area contributed by atoms with Crippen molar-refractivity contribution in [3.63, 3.8) is 0 Å². The summed E-state index contributed by atoms with van der Waals surface area (Å²) in [6.45, 7) is 2.17. The molecule has 0 aromatic heterocycles. The van der Waals surface area contributed by atoms with E-state index in [2.05, 4.69) is 30.0 Å². The number of ether oxygens (including phenoxy) is 1. The van der Waals surface area contributed by atoms with Gasteiger partial charge in [-0.25, -0.2) is 0 Å². The Hall–Kier alpha value is 0.170. The first-order valence-corrected chi connectivity index (χ1v) is 3.82. The predicted molar refractivity (Wildman–Crippen MR) is 43.3 cm³/mol. The van der Waals surface area contributed by atoms with Crippen LogP contribution in [0.1, 0.15) is 6.92 Å². The van der Waals surface area contributed by atoms with Gasteiger partial charge in [0.15, 0.2) is 0 Å². The molecule has 0 fully saturated rings. The minimum atomic E-state index is -0.381. The van der Waals surface area contributed by atoms with E-state index < -0.39 is 0 Å². The zero-order valence-electron chi connectivity index (χ0n) is 5.20. The van der Waals surface area contributed by atoms with E-state index in [1.165, 1.54) is 0 Å². The summed E-state index contributed by atoms with van der Waals surface area (Å²) in [5.41, 5.74) is 0. The van der Waals surface area contributed by atoms with Crippen LogP contribution in [-0.2, 0) is 9.53 Å². The summed E-state index contributed by atoms with van der Waals surface area (Å²) in [6.07, 6.45) is 0. The van der Waals surface area contributed by atoms with Gasteiger partial charge in [-0.05, 0) is 6.92 Å². The fourth-order valence-corrected chi connectivity index (χ4v) is 0.537. The van der Waals surface area contributed by atoms with Crippen LogP contribution in [0.15, 0.2) is 0 Å². The topological polar surface area (TPSA) is 26.3 Å². The lowest BCUT2D eigenvalue weighted by Crippen LogP contribution is -2.19. The van der Waals surface area contributed by atoms with E-state index in [0.717, 1.165) is 0 Å². The Balaban J connectivity index is 3.46. The molecule has 0 bridgehead atoms. The molecule has 1 unspecified atom stereocenters. The van der Waals surface area contributed by atoms with E-state index in [1.54, 1.807) is 6.92 Å². The molecule has 0 amide bonds. The van der Waals surface area contributed by atoms with Crippen molar-refractivity contribution in [2.75, 3.05) is 12.4 Å². The summed E-state index contributed by atoms with van der Waals surface area (Å²) in [6, 6.07) is 0. The molecule has 0 aromatic carbocycles. The van der Waals surface area contributed by atoms with Crippen LogP contribution in [0.2, 0.25) is 0 Å². The van der Waals surface area contributed by atoms with Crippen molar-refractivity contribution >= 4 is 31.2 Å². The van der Waals surface area contributed by atoms with Crippen LogP contribution in [0.25, 0.3) is 0 Å². The number of carbonyl (C=O) groups is 1. The lowest BCUT2D eigenvalue weighted by Gasteiger charge is -2.04. The van der Waals surface area contributed by atoms with Crippen LogP contribution in [0, 0.1) is 0 Å². The molecule has 0 spiro atoms. The Morgan fingerprint density at radius 2 is 2.33 bits per heavy atom. The van der Waals surface area contributed by atoms with Crippen molar-refractivity contribution in [3.8, 4) is 0 Å². The third kappa shape index (κ3) is 3.70. The van der Waals surface area contributed by atoms with Crippen molar-refractivity contribution in [2.45, 2.75) is 12.2 Å². The van der Waals surface area contributed by atoms with Crippen LogP contribution in [0.5, 0.6) is 0 Å². The lowest BCUT2D eigenvalue weighted by atomic mass is 10.5. The zero-order valence-corrected chi connectivity index (χ0v) is 6.99. The Kier molecular flexibility index (Phi) is 5.09. The van der Waals surface area contributed by atoms with Crippen molar-refractivity contribution in [1.82, 2.24) is 0 Å². The molecule has 0 N–H and O–H groups in total. The van der Waals surface area contributed by atoms with Gasteiger partial charge in [-0.2, -0.15) is 25.3 Å². The number of rotatable bonds is 3. The zero-order chi connectivity index (χ0) is 7.28. The highest BCUT2D eigenvalue weighted by Crippen LogP contribution is 1.99. The smallest absolute Gasteiger partial charge is 0.319 e. The molecule has 54 valence electrons. The predicted octanol–water partition coefficient (Wildman–Crippen LogP) is 0.778. The molecule has 4 heteroatoms. The summed E-state index contributed by atoms with van der Waals surface area (Å²) >= 11 is 7.78.